The van der Waals surface area contributed by atoms with Gasteiger partial charge < -0.3 is 4.74 Å². The smallest absolute Gasteiger partial charge is 0.156 e. The second-order valence-electron chi connectivity index (χ2n) is 9.54. The molecule has 0 amide bonds. The quantitative estimate of drug-likeness (QED) is 0.270. The van der Waals surface area contributed by atoms with Crippen molar-refractivity contribution in [2.75, 3.05) is 0 Å². The second-order valence-corrected chi connectivity index (χ2v) is 9.54. The van der Waals surface area contributed by atoms with Crippen molar-refractivity contribution in [3.63, 3.8) is 0 Å². The highest BCUT2D eigenvalue weighted by Gasteiger charge is 2.36. The number of ether oxygens (including phenoxy) is 1. The van der Waals surface area contributed by atoms with Gasteiger partial charge in [-0.25, -0.2) is 4.98 Å². The van der Waals surface area contributed by atoms with Crippen LogP contribution in [0.3, 0.4) is 0 Å². The summed E-state index contributed by atoms with van der Waals surface area (Å²) in [5.41, 5.74) is 6.28. The minimum atomic E-state index is -0.168. The van der Waals surface area contributed by atoms with Gasteiger partial charge >= 0.3 is 0 Å². The Balaban J connectivity index is 1.48. The fourth-order valence-corrected chi connectivity index (χ4v) is 5.40. The van der Waals surface area contributed by atoms with Crippen molar-refractivity contribution in [3.8, 4) is 28.6 Å². The fourth-order valence-electron chi connectivity index (χ4n) is 5.40. The molecule has 168 valence electrons. The molecule has 3 heterocycles. The topological polar surface area (TPSA) is 39.9 Å². The third-order valence-corrected chi connectivity index (χ3v) is 7.17. The highest BCUT2D eigenvalue weighted by molar-refractivity contribution is 6.13. The lowest BCUT2D eigenvalue weighted by atomic mass is 9.75. The van der Waals surface area contributed by atoms with Crippen molar-refractivity contribution in [2.45, 2.75) is 19.3 Å². The maximum atomic E-state index is 6.61. The molecule has 0 radical (unpaired) electrons. The highest BCUT2D eigenvalue weighted by Crippen LogP contribution is 2.52. The summed E-state index contributed by atoms with van der Waals surface area (Å²) in [5.74, 6) is 2.63. The van der Waals surface area contributed by atoms with Crippen molar-refractivity contribution < 1.29 is 4.74 Å². The third-order valence-electron chi connectivity index (χ3n) is 7.17. The van der Waals surface area contributed by atoms with Gasteiger partial charge in [0.15, 0.2) is 5.82 Å². The first-order valence-corrected chi connectivity index (χ1v) is 11.8. The molecule has 4 aromatic carbocycles. The normalized spacial score (nSPS) is 13.9. The summed E-state index contributed by atoms with van der Waals surface area (Å²) >= 11 is 0. The lowest BCUT2D eigenvalue weighted by Crippen LogP contribution is -2.24. The summed E-state index contributed by atoms with van der Waals surface area (Å²) in [5, 5.41) is 2.25. The van der Waals surface area contributed by atoms with Gasteiger partial charge in [0.05, 0.1) is 34.5 Å². The first-order chi connectivity index (χ1) is 17.1. The van der Waals surface area contributed by atoms with Gasteiger partial charge in [0, 0.05) is 27.5 Å². The van der Waals surface area contributed by atoms with Crippen LogP contribution in [-0.2, 0) is 5.41 Å². The third kappa shape index (κ3) is 2.86. The zero-order valence-electron chi connectivity index (χ0n) is 19.6. The minimum absolute atomic E-state index is 0.168. The molecule has 0 bridgehead atoms. The van der Waals surface area contributed by atoms with E-state index in [0.29, 0.717) is 0 Å². The van der Waals surface area contributed by atoms with E-state index in [9.17, 15) is 0 Å². The van der Waals surface area contributed by atoms with E-state index in [1.54, 1.807) is 0 Å². The van der Waals surface area contributed by atoms with Crippen molar-refractivity contribution >= 4 is 21.8 Å². The van der Waals surface area contributed by atoms with Crippen molar-refractivity contribution in [2.24, 2.45) is 0 Å². The Morgan fingerprint density at radius 1 is 0.686 bits per heavy atom. The maximum absolute atomic E-state index is 6.61. The Hall–Kier alpha value is -4.44. The molecule has 6 aromatic rings. The zero-order chi connectivity index (χ0) is 23.6. The summed E-state index contributed by atoms with van der Waals surface area (Å²) in [7, 11) is 0. The van der Waals surface area contributed by atoms with E-state index in [-0.39, 0.29) is 5.41 Å². The van der Waals surface area contributed by atoms with E-state index in [4.69, 9.17) is 14.7 Å². The molecule has 4 nitrogen and oxygen atoms in total. The van der Waals surface area contributed by atoms with E-state index in [2.05, 4.69) is 73.0 Å². The predicted molar refractivity (Wildman–Crippen MR) is 140 cm³/mol. The van der Waals surface area contributed by atoms with Crippen LogP contribution < -0.4 is 4.74 Å². The van der Waals surface area contributed by atoms with Crippen LogP contribution in [0.4, 0.5) is 0 Å². The molecule has 0 saturated heterocycles. The van der Waals surface area contributed by atoms with Gasteiger partial charge in [-0.15, -0.1) is 0 Å². The molecule has 0 saturated carbocycles. The summed E-state index contributed by atoms with van der Waals surface area (Å²) in [4.78, 5) is 9.58. The average molecular weight is 454 g/mol. The van der Waals surface area contributed by atoms with Crippen LogP contribution in [0, 0.1) is 0 Å². The number of hydrogen-bond acceptors (Lipinski definition) is 3. The summed E-state index contributed by atoms with van der Waals surface area (Å²) in [6.45, 7) is 4.54. The van der Waals surface area contributed by atoms with Crippen molar-refractivity contribution in [3.05, 3.63) is 115 Å². The van der Waals surface area contributed by atoms with Gasteiger partial charge in [0.25, 0.3) is 0 Å². The molecule has 1 aliphatic heterocycles. The molecule has 0 spiro atoms. The standard InChI is InChI=1S/C31H23N3O/c1-31(2)22-13-7-9-15-27(22)35-30-23(31)16-17-26-29(30)21-12-6-8-14-25(21)34(26)28-19-32-24(18-33-28)20-10-4-3-5-11-20/h3-19H,1-2H3. The van der Waals surface area contributed by atoms with Crippen LogP contribution in [0.1, 0.15) is 25.0 Å². The summed E-state index contributed by atoms with van der Waals surface area (Å²) in [6, 6.07) is 31.3. The van der Waals surface area contributed by atoms with E-state index >= 15 is 0 Å². The number of hydrogen-bond donors (Lipinski definition) is 0. The van der Waals surface area contributed by atoms with E-state index < -0.39 is 0 Å². The van der Waals surface area contributed by atoms with Gasteiger partial charge in [0.1, 0.15) is 11.5 Å². The molecule has 4 heteroatoms. The maximum Gasteiger partial charge on any atom is 0.156 e. The van der Waals surface area contributed by atoms with Crippen LogP contribution in [0.15, 0.2) is 103 Å². The van der Waals surface area contributed by atoms with E-state index in [1.807, 2.05) is 48.8 Å². The molecule has 0 fully saturated rings. The SMILES string of the molecule is CC1(C)c2ccccc2Oc2c1ccc1c2c2ccccc2n1-c1cnc(-c2ccccc2)cn1. The second kappa shape index (κ2) is 7.28. The molecule has 0 N–H and O–H groups in total. The summed E-state index contributed by atoms with van der Waals surface area (Å²) in [6.07, 6.45) is 3.70. The average Bonchev–Trinajstić information content (AvgIpc) is 3.24. The van der Waals surface area contributed by atoms with Crippen molar-refractivity contribution in [1.29, 1.82) is 0 Å². The first kappa shape index (κ1) is 20.0. The van der Waals surface area contributed by atoms with Crippen LogP contribution >= 0.6 is 0 Å². The molecule has 0 atom stereocenters. The lowest BCUT2D eigenvalue weighted by Gasteiger charge is -2.34. The molecule has 2 aromatic heterocycles. The molecule has 0 aliphatic carbocycles. The van der Waals surface area contributed by atoms with Crippen LogP contribution in [0.25, 0.3) is 38.9 Å². The number of para-hydroxylation sites is 2. The van der Waals surface area contributed by atoms with Crippen LogP contribution in [0.2, 0.25) is 0 Å². The molecular formula is C31H23N3O. The minimum Gasteiger partial charge on any atom is -0.456 e. The lowest BCUT2D eigenvalue weighted by molar-refractivity contribution is 0.423. The summed E-state index contributed by atoms with van der Waals surface area (Å²) < 4.78 is 8.80. The number of fused-ring (bicyclic) bond motifs is 6. The van der Waals surface area contributed by atoms with Crippen molar-refractivity contribution in [1.82, 2.24) is 14.5 Å². The van der Waals surface area contributed by atoms with Gasteiger partial charge in [-0.1, -0.05) is 86.6 Å². The number of benzene rings is 4. The largest absolute Gasteiger partial charge is 0.456 e. The van der Waals surface area contributed by atoms with Gasteiger partial charge in [-0.2, -0.15) is 0 Å². The molecule has 1 aliphatic rings. The Bertz CT molecular complexity index is 1730. The Kier molecular flexibility index (Phi) is 4.15. The number of nitrogens with zero attached hydrogens (tertiary/aromatic N) is 3. The number of rotatable bonds is 2. The Morgan fingerprint density at radius 2 is 1.46 bits per heavy atom. The fraction of sp³-hybridized carbons (Fsp3) is 0.0968. The predicted octanol–water partition coefficient (Wildman–Crippen LogP) is 7.67. The van der Waals surface area contributed by atoms with Gasteiger partial charge in [-0.05, 0) is 18.2 Å². The monoisotopic (exact) mass is 453 g/mol. The molecule has 0 unspecified atom stereocenters. The van der Waals surface area contributed by atoms with Crippen LogP contribution in [0.5, 0.6) is 11.5 Å². The van der Waals surface area contributed by atoms with Crippen LogP contribution in [-0.4, -0.2) is 14.5 Å². The number of aromatic nitrogens is 3. The molecule has 7 rings (SSSR count). The first-order valence-electron chi connectivity index (χ1n) is 11.8. The van der Waals surface area contributed by atoms with Gasteiger partial charge in [0.2, 0.25) is 0 Å². The zero-order valence-corrected chi connectivity index (χ0v) is 19.6. The molecular weight excluding hydrogens is 430 g/mol. The van der Waals surface area contributed by atoms with E-state index in [1.165, 1.54) is 11.1 Å². The Morgan fingerprint density at radius 3 is 2.29 bits per heavy atom. The van der Waals surface area contributed by atoms with Gasteiger partial charge in [-0.3, -0.25) is 9.55 Å². The Labute approximate surface area is 203 Å². The van der Waals surface area contributed by atoms with E-state index in [0.717, 1.165) is 50.4 Å². The molecule has 35 heavy (non-hydrogen) atoms. The highest BCUT2D eigenvalue weighted by atomic mass is 16.5.